The van der Waals surface area contributed by atoms with Gasteiger partial charge in [-0.15, -0.1) is 0 Å². The fourth-order valence-corrected chi connectivity index (χ4v) is 6.75. The van der Waals surface area contributed by atoms with E-state index in [4.69, 9.17) is 0 Å². The maximum atomic E-state index is 2.36. The van der Waals surface area contributed by atoms with E-state index in [0.29, 0.717) is 0 Å². The summed E-state index contributed by atoms with van der Waals surface area (Å²) in [6.07, 6.45) is 0.944. The van der Waals surface area contributed by atoms with Crippen molar-refractivity contribution in [2.24, 2.45) is 0 Å². The van der Waals surface area contributed by atoms with E-state index in [9.17, 15) is 0 Å². The van der Waals surface area contributed by atoms with Crippen LogP contribution in [0.25, 0.3) is 32.7 Å². The molecule has 1 atom stereocenters. The fourth-order valence-electron chi connectivity index (χ4n) is 6.75. The van der Waals surface area contributed by atoms with Gasteiger partial charge in [0.2, 0.25) is 0 Å². The average Bonchev–Trinajstić information content (AvgIpc) is 3.15. The minimum Gasteiger partial charge on any atom is -0.310 e. The second kappa shape index (κ2) is 12.8. The van der Waals surface area contributed by atoms with E-state index in [-0.39, 0.29) is 5.92 Å². The maximum absolute atomic E-state index is 2.36. The summed E-state index contributed by atoms with van der Waals surface area (Å²) in [6.45, 7) is 0. The number of rotatable bonds is 8. The molecule has 1 nitrogen and oxygen atoms in total. The van der Waals surface area contributed by atoms with Crippen LogP contribution in [0.3, 0.4) is 0 Å². The molecule has 0 spiro atoms. The first kappa shape index (κ1) is 28.5. The molecule has 0 aliphatic carbocycles. The Kier molecular flexibility index (Phi) is 7.79. The van der Waals surface area contributed by atoms with Crippen molar-refractivity contribution in [3.05, 3.63) is 211 Å². The lowest BCUT2D eigenvalue weighted by molar-refractivity contribution is 0.806. The summed E-state index contributed by atoms with van der Waals surface area (Å²) < 4.78 is 0. The van der Waals surface area contributed by atoms with Crippen LogP contribution in [0, 0.1) is 0 Å². The summed E-state index contributed by atoms with van der Waals surface area (Å²) in [7, 11) is 0. The summed E-state index contributed by atoms with van der Waals surface area (Å²) in [4.78, 5) is 2.33. The third-order valence-electron chi connectivity index (χ3n) is 9.24. The van der Waals surface area contributed by atoms with Gasteiger partial charge in [0.1, 0.15) is 0 Å². The van der Waals surface area contributed by atoms with Crippen molar-refractivity contribution < 1.29 is 0 Å². The zero-order valence-electron chi connectivity index (χ0n) is 26.2. The second-order valence-electron chi connectivity index (χ2n) is 12.2. The Balaban J connectivity index is 1.07. The van der Waals surface area contributed by atoms with Crippen LogP contribution >= 0.6 is 0 Å². The molecular formula is C46H35N. The molecule has 0 saturated carbocycles. The van der Waals surface area contributed by atoms with Crippen molar-refractivity contribution in [1.29, 1.82) is 0 Å². The van der Waals surface area contributed by atoms with Gasteiger partial charge in [-0.25, -0.2) is 0 Å². The molecule has 0 fully saturated rings. The standard InChI is InChI=1S/C46H35N/c1-3-13-39(14-4-1)46(42-24-23-35-11-7-9-15-40(35)32-42)31-34-19-21-37(22-20-34)38-25-28-44(29-26-38)47(43-17-5-2-6-18-43)45-30-27-36-12-8-10-16-41(36)33-45/h1-30,32-33,46H,31H2. The number of hydrogen-bond acceptors (Lipinski definition) is 1. The number of para-hydroxylation sites is 1. The van der Waals surface area contributed by atoms with Crippen LogP contribution in [0.15, 0.2) is 194 Å². The van der Waals surface area contributed by atoms with Crippen molar-refractivity contribution in [3.63, 3.8) is 0 Å². The minimum atomic E-state index is 0.282. The molecule has 0 aromatic heterocycles. The molecule has 224 valence electrons. The first-order chi connectivity index (χ1) is 23.3. The zero-order valence-corrected chi connectivity index (χ0v) is 26.2. The predicted molar refractivity (Wildman–Crippen MR) is 200 cm³/mol. The summed E-state index contributed by atoms with van der Waals surface area (Å²) >= 11 is 0. The van der Waals surface area contributed by atoms with Crippen LogP contribution in [-0.4, -0.2) is 0 Å². The van der Waals surface area contributed by atoms with Crippen molar-refractivity contribution >= 4 is 38.6 Å². The second-order valence-corrected chi connectivity index (χ2v) is 12.2. The molecule has 1 heteroatoms. The molecular weight excluding hydrogens is 567 g/mol. The Morgan fingerprint density at radius 1 is 0.340 bits per heavy atom. The van der Waals surface area contributed by atoms with Gasteiger partial charge in [-0.1, -0.05) is 158 Å². The highest BCUT2D eigenvalue weighted by atomic mass is 15.1. The number of nitrogens with zero attached hydrogens (tertiary/aromatic N) is 1. The normalized spacial score (nSPS) is 11.8. The van der Waals surface area contributed by atoms with Crippen molar-refractivity contribution in [2.75, 3.05) is 4.90 Å². The van der Waals surface area contributed by atoms with Crippen LogP contribution in [0.1, 0.15) is 22.6 Å². The van der Waals surface area contributed by atoms with Gasteiger partial charge >= 0.3 is 0 Å². The SMILES string of the molecule is c1ccc(C(Cc2ccc(-c3ccc(N(c4ccccc4)c4ccc5ccccc5c4)cc3)cc2)c2ccc3ccccc3c2)cc1. The first-order valence-electron chi connectivity index (χ1n) is 16.4. The van der Waals surface area contributed by atoms with Crippen LogP contribution in [0.5, 0.6) is 0 Å². The largest absolute Gasteiger partial charge is 0.310 e. The van der Waals surface area contributed by atoms with Gasteiger partial charge in [0.25, 0.3) is 0 Å². The van der Waals surface area contributed by atoms with E-state index in [1.165, 1.54) is 49.4 Å². The average molecular weight is 602 g/mol. The van der Waals surface area contributed by atoms with E-state index < -0.39 is 0 Å². The lowest BCUT2D eigenvalue weighted by atomic mass is 9.85. The van der Waals surface area contributed by atoms with E-state index in [0.717, 1.165) is 23.5 Å². The van der Waals surface area contributed by atoms with Gasteiger partial charge in [-0.2, -0.15) is 0 Å². The van der Waals surface area contributed by atoms with Gasteiger partial charge in [-0.3, -0.25) is 0 Å². The van der Waals surface area contributed by atoms with Crippen molar-refractivity contribution in [1.82, 2.24) is 0 Å². The zero-order chi connectivity index (χ0) is 31.4. The number of hydrogen-bond donors (Lipinski definition) is 0. The minimum absolute atomic E-state index is 0.282. The van der Waals surface area contributed by atoms with E-state index in [2.05, 4.69) is 199 Å². The molecule has 0 saturated heterocycles. The Morgan fingerprint density at radius 3 is 1.49 bits per heavy atom. The number of fused-ring (bicyclic) bond motifs is 2. The van der Waals surface area contributed by atoms with Gasteiger partial charge in [0.05, 0.1) is 0 Å². The number of benzene rings is 8. The van der Waals surface area contributed by atoms with Gasteiger partial charge in [0.15, 0.2) is 0 Å². The third-order valence-corrected chi connectivity index (χ3v) is 9.24. The van der Waals surface area contributed by atoms with Gasteiger partial charge in [0, 0.05) is 23.0 Å². The van der Waals surface area contributed by atoms with Crippen LogP contribution in [-0.2, 0) is 6.42 Å². The highest BCUT2D eigenvalue weighted by molar-refractivity contribution is 5.89. The highest BCUT2D eigenvalue weighted by Gasteiger charge is 2.17. The lowest BCUT2D eigenvalue weighted by Gasteiger charge is -2.26. The molecule has 0 bridgehead atoms. The van der Waals surface area contributed by atoms with E-state index in [1.54, 1.807) is 0 Å². The Morgan fingerprint density at radius 2 is 0.830 bits per heavy atom. The Hall–Kier alpha value is -5.92. The van der Waals surface area contributed by atoms with Crippen LogP contribution in [0.2, 0.25) is 0 Å². The topological polar surface area (TPSA) is 3.24 Å². The molecule has 0 aliphatic heterocycles. The van der Waals surface area contributed by atoms with E-state index >= 15 is 0 Å². The monoisotopic (exact) mass is 601 g/mol. The molecule has 8 rings (SSSR count). The molecule has 0 radical (unpaired) electrons. The summed E-state index contributed by atoms with van der Waals surface area (Å²) in [5, 5.41) is 5.05. The molecule has 8 aromatic carbocycles. The molecule has 0 N–H and O–H groups in total. The molecule has 0 heterocycles. The van der Waals surface area contributed by atoms with Gasteiger partial charge in [-0.05, 0) is 92.2 Å². The predicted octanol–water partition coefficient (Wildman–Crippen LogP) is 12.5. The molecule has 1 unspecified atom stereocenters. The molecule has 0 aliphatic rings. The first-order valence-corrected chi connectivity index (χ1v) is 16.4. The number of anilines is 3. The van der Waals surface area contributed by atoms with Crippen molar-refractivity contribution in [2.45, 2.75) is 12.3 Å². The Labute approximate surface area is 277 Å². The van der Waals surface area contributed by atoms with Crippen LogP contribution in [0.4, 0.5) is 17.1 Å². The highest BCUT2D eigenvalue weighted by Crippen LogP contribution is 2.37. The molecule has 47 heavy (non-hydrogen) atoms. The molecule has 0 amide bonds. The quantitative estimate of drug-likeness (QED) is 0.167. The van der Waals surface area contributed by atoms with Gasteiger partial charge < -0.3 is 4.90 Å². The molecule has 8 aromatic rings. The summed E-state index contributed by atoms with van der Waals surface area (Å²) in [5.41, 5.74) is 9.87. The summed E-state index contributed by atoms with van der Waals surface area (Å²) in [5.74, 6) is 0.282. The third kappa shape index (κ3) is 6.04. The maximum Gasteiger partial charge on any atom is 0.0468 e. The summed E-state index contributed by atoms with van der Waals surface area (Å²) in [6, 6.07) is 70.4. The Bertz CT molecular complexity index is 2250. The smallest absolute Gasteiger partial charge is 0.0468 e. The van der Waals surface area contributed by atoms with E-state index in [1.807, 2.05) is 0 Å². The van der Waals surface area contributed by atoms with Crippen LogP contribution < -0.4 is 4.90 Å². The van der Waals surface area contributed by atoms with Crippen molar-refractivity contribution in [3.8, 4) is 11.1 Å². The fraction of sp³-hybridized carbons (Fsp3) is 0.0435. The lowest BCUT2D eigenvalue weighted by Crippen LogP contribution is -2.09.